The number of ether oxygens (including phenoxy) is 1. The number of nitrogens with one attached hydrogen (secondary N) is 1. The molecule has 1 aromatic carbocycles. The maximum Gasteiger partial charge on any atom is 0.387 e. The molecular formula is C18H21F4N3O4S. The molecule has 7 nitrogen and oxygen atoms in total. The molecule has 1 heterocycles. The summed E-state index contributed by atoms with van der Waals surface area (Å²) in [7, 11) is -2.62. The van der Waals surface area contributed by atoms with Crippen molar-refractivity contribution in [3.8, 4) is 11.4 Å². The Morgan fingerprint density at radius 2 is 1.90 bits per heavy atom. The summed E-state index contributed by atoms with van der Waals surface area (Å²) in [5, 5.41) is -1.12. The Hall–Kier alpha value is -2.50. The van der Waals surface area contributed by atoms with Gasteiger partial charge in [-0.3, -0.25) is 14.2 Å². The maximum atomic E-state index is 13.1. The smallest absolute Gasteiger partial charge is 0.387 e. The highest BCUT2D eigenvalue weighted by Gasteiger charge is 2.50. The summed E-state index contributed by atoms with van der Waals surface area (Å²) < 4.78 is 85.5. The Morgan fingerprint density at radius 3 is 2.47 bits per heavy atom. The van der Waals surface area contributed by atoms with E-state index < -0.39 is 52.1 Å². The molecule has 1 fully saturated rings. The zero-order chi connectivity index (χ0) is 22.4. The molecule has 1 aliphatic carbocycles. The van der Waals surface area contributed by atoms with Gasteiger partial charge in [0.2, 0.25) is 15.9 Å². The first kappa shape index (κ1) is 22.2. The van der Waals surface area contributed by atoms with Crippen LogP contribution in [0.3, 0.4) is 0 Å². The summed E-state index contributed by atoms with van der Waals surface area (Å²) in [6.45, 7) is -0.225. The molecular weight excluding hydrogens is 430 g/mol. The summed E-state index contributed by atoms with van der Waals surface area (Å²) in [6, 6.07) is 5.38. The quantitative estimate of drug-likeness (QED) is 0.656. The Bertz CT molecular complexity index is 1100. The summed E-state index contributed by atoms with van der Waals surface area (Å²) in [5.74, 6) is -3.75. The maximum absolute atomic E-state index is 13.1. The SMILES string of the molecule is Cc1c(NS(=O)(=O)C(C)C2CC(F)(F)C2)c(=O)n(-c2cccc(OC(F)F)c2)n1C. The van der Waals surface area contributed by atoms with Crippen molar-refractivity contribution in [2.24, 2.45) is 13.0 Å². The topological polar surface area (TPSA) is 82.3 Å². The molecule has 1 aromatic heterocycles. The van der Waals surface area contributed by atoms with Crippen molar-refractivity contribution in [2.45, 2.75) is 44.5 Å². The summed E-state index contributed by atoms with van der Waals surface area (Å²) in [6.07, 6.45) is -1.05. The van der Waals surface area contributed by atoms with E-state index in [0.717, 1.165) is 4.68 Å². The fourth-order valence-corrected chi connectivity index (χ4v) is 4.84. The van der Waals surface area contributed by atoms with E-state index in [1.165, 1.54) is 49.8 Å². The van der Waals surface area contributed by atoms with E-state index in [1.54, 1.807) is 0 Å². The lowest BCUT2D eigenvalue weighted by molar-refractivity contribution is -0.109. The second-order valence-corrected chi connectivity index (χ2v) is 9.39. The predicted octanol–water partition coefficient (Wildman–Crippen LogP) is 3.26. The number of alkyl halides is 4. The fourth-order valence-electron chi connectivity index (χ4n) is 3.44. The van der Waals surface area contributed by atoms with Gasteiger partial charge in [-0.2, -0.15) is 8.78 Å². The lowest BCUT2D eigenvalue weighted by Crippen LogP contribution is -2.45. The standard InChI is InChI=1S/C18H21F4N3O4S/c1-10-15(23-30(27,28)11(2)12-8-18(21,22)9-12)16(26)25(24(10)3)13-5-4-6-14(7-13)29-17(19)20/h4-7,11-12,17,23H,8-9H2,1-3H3. The minimum absolute atomic E-state index is 0.171. The highest BCUT2D eigenvalue weighted by Crippen LogP contribution is 2.45. The molecule has 2 aromatic rings. The van der Waals surface area contributed by atoms with Crippen molar-refractivity contribution in [2.75, 3.05) is 4.72 Å². The summed E-state index contributed by atoms with van der Waals surface area (Å²) in [4.78, 5) is 12.9. The number of anilines is 1. The van der Waals surface area contributed by atoms with Crippen LogP contribution in [0.25, 0.3) is 5.69 Å². The molecule has 0 radical (unpaired) electrons. The number of nitrogens with zero attached hydrogens (tertiary/aromatic N) is 2. The second kappa shape index (κ2) is 7.64. The van der Waals surface area contributed by atoms with Crippen LogP contribution < -0.4 is 15.0 Å². The normalized spacial score (nSPS) is 17.6. The van der Waals surface area contributed by atoms with Crippen LogP contribution in [0.2, 0.25) is 0 Å². The Balaban J connectivity index is 1.93. The first-order valence-corrected chi connectivity index (χ1v) is 10.6. The highest BCUT2D eigenvalue weighted by atomic mass is 32.2. The molecule has 1 unspecified atom stereocenters. The molecule has 1 N–H and O–H groups in total. The van der Waals surface area contributed by atoms with E-state index in [9.17, 15) is 30.8 Å². The molecule has 12 heteroatoms. The van der Waals surface area contributed by atoms with Crippen molar-refractivity contribution in [1.82, 2.24) is 9.36 Å². The van der Waals surface area contributed by atoms with E-state index in [-0.39, 0.29) is 22.8 Å². The van der Waals surface area contributed by atoms with E-state index in [2.05, 4.69) is 9.46 Å². The van der Waals surface area contributed by atoms with Gasteiger partial charge in [0.15, 0.2) is 0 Å². The zero-order valence-corrected chi connectivity index (χ0v) is 17.2. The number of hydrogen-bond acceptors (Lipinski definition) is 4. The first-order chi connectivity index (χ1) is 13.8. The van der Waals surface area contributed by atoms with Gasteiger partial charge in [-0.05, 0) is 31.9 Å². The van der Waals surface area contributed by atoms with Crippen molar-refractivity contribution in [3.63, 3.8) is 0 Å². The summed E-state index contributed by atoms with van der Waals surface area (Å²) >= 11 is 0. The van der Waals surface area contributed by atoms with Gasteiger partial charge in [-0.25, -0.2) is 21.9 Å². The lowest BCUT2D eigenvalue weighted by atomic mass is 9.79. The predicted molar refractivity (Wildman–Crippen MR) is 102 cm³/mol. The van der Waals surface area contributed by atoms with Gasteiger partial charge in [0.25, 0.3) is 5.56 Å². The third-order valence-electron chi connectivity index (χ3n) is 5.36. The van der Waals surface area contributed by atoms with E-state index >= 15 is 0 Å². The molecule has 0 spiro atoms. The van der Waals surface area contributed by atoms with Crippen molar-refractivity contribution in [3.05, 3.63) is 40.3 Å². The molecule has 0 saturated heterocycles. The Morgan fingerprint density at radius 1 is 1.27 bits per heavy atom. The largest absolute Gasteiger partial charge is 0.435 e. The van der Waals surface area contributed by atoms with Gasteiger partial charge >= 0.3 is 6.61 Å². The number of halogens is 4. The van der Waals surface area contributed by atoms with Crippen molar-refractivity contribution >= 4 is 15.7 Å². The highest BCUT2D eigenvalue weighted by molar-refractivity contribution is 7.93. The zero-order valence-electron chi connectivity index (χ0n) is 16.4. The van der Waals surface area contributed by atoms with Crippen LogP contribution in [0, 0.1) is 12.8 Å². The van der Waals surface area contributed by atoms with Crippen molar-refractivity contribution < 1.29 is 30.7 Å². The number of benzene rings is 1. The average molecular weight is 451 g/mol. The number of rotatable bonds is 7. The van der Waals surface area contributed by atoms with Gasteiger partial charge in [0.05, 0.1) is 16.6 Å². The molecule has 166 valence electrons. The van der Waals surface area contributed by atoms with E-state index in [4.69, 9.17) is 0 Å². The number of hydrogen-bond donors (Lipinski definition) is 1. The molecule has 0 bridgehead atoms. The van der Waals surface area contributed by atoms with Crippen LogP contribution in [0.5, 0.6) is 5.75 Å². The molecule has 30 heavy (non-hydrogen) atoms. The van der Waals surface area contributed by atoms with Crippen LogP contribution >= 0.6 is 0 Å². The third-order valence-corrected chi connectivity index (χ3v) is 7.21. The van der Waals surface area contributed by atoms with Crippen LogP contribution in [-0.2, 0) is 17.1 Å². The van der Waals surface area contributed by atoms with Crippen LogP contribution in [0.1, 0.15) is 25.5 Å². The molecule has 0 aliphatic heterocycles. The van der Waals surface area contributed by atoms with E-state index in [1.807, 2.05) is 0 Å². The first-order valence-electron chi connectivity index (χ1n) is 9.06. The minimum atomic E-state index is -4.11. The number of aromatic nitrogens is 2. The van der Waals surface area contributed by atoms with Crippen LogP contribution in [0.15, 0.2) is 29.1 Å². The van der Waals surface area contributed by atoms with E-state index in [0.29, 0.717) is 0 Å². The second-order valence-electron chi connectivity index (χ2n) is 7.35. The minimum Gasteiger partial charge on any atom is -0.435 e. The van der Waals surface area contributed by atoms with Gasteiger partial charge < -0.3 is 4.74 Å². The van der Waals surface area contributed by atoms with Gasteiger partial charge in [-0.15, -0.1) is 0 Å². The molecule has 1 atom stereocenters. The van der Waals surface area contributed by atoms with Crippen molar-refractivity contribution in [1.29, 1.82) is 0 Å². The fraction of sp³-hybridized carbons (Fsp3) is 0.500. The van der Waals surface area contributed by atoms with Crippen LogP contribution in [0.4, 0.5) is 23.2 Å². The lowest BCUT2D eigenvalue weighted by Gasteiger charge is -2.38. The van der Waals surface area contributed by atoms with Gasteiger partial charge in [-0.1, -0.05) is 6.07 Å². The molecule has 3 rings (SSSR count). The molecule has 1 saturated carbocycles. The van der Waals surface area contributed by atoms with Gasteiger partial charge in [0, 0.05) is 26.0 Å². The Labute approximate surface area is 170 Å². The number of sulfonamides is 1. The third kappa shape index (κ3) is 4.18. The molecule has 0 amide bonds. The van der Waals surface area contributed by atoms with Gasteiger partial charge in [0.1, 0.15) is 11.4 Å². The van der Waals surface area contributed by atoms with Crippen LogP contribution in [-0.4, -0.2) is 35.6 Å². The monoisotopic (exact) mass is 451 g/mol. The Kier molecular flexibility index (Phi) is 5.65. The molecule has 1 aliphatic rings. The summed E-state index contributed by atoms with van der Waals surface area (Å²) in [5.41, 5.74) is -0.537. The average Bonchev–Trinajstić information content (AvgIpc) is 2.82.